The third-order valence-electron chi connectivity index (χ3n) is 4.04. The molecule has 3 atom stereocenters. The molecule has 1 fully saturated rings. The molecule has 0 saturated carbocycles. The highest BCUT2D eigenvalue weighted by Crippen LogP contribution is 2.24. The van der Waals surface area contributed by atoms with Crippen LogP contribution in [0.1, 0.15) is 38.3 Å². The molecule has 3 unspecified atom stereocenters. The van der Waals surface area contributed by atoms with E-state index in [0.717, 1.165) is 24.6 Å². The Morgan fingerprint density at radius 1 is 1.33 bits per heavy atom. The maximum Gasteiger partial charge on any atom is 0.123 e. The van der Waals surface area contributed by atoms with Crippen molar-refractivity contribution in [2.75, 3.05) is 13.1 Å². The number of hydrogen-bond acceptors (Lipinski definition) is 2. The Hall–Kier alpha value is -0.930. The first kappa shape index (κ1) is 13.5. The molecule has 18 heavy (non-hydrogen) atoms. The summed E-state index contributed by atoms with van der Waals surface area (Å²) in [6.07, 6.45) is 2.57. The van der Waals surface area contributed by atoms with Gasteiger partial charge in [0.05, 0.1) is 0 Å². The molecule has 0 bridgehead atoms. The molecule has 0 aliphatic carbocycles. The van der Waals surface area contributed by atoms with E-state index in [9.17, 15) is 4.39 Å². The summed E-state index contributed by atoms with van der Waals surface area (Å²) in [6, 6.07) is 6.82. The van der Waals surface area contributed by atoms with Gasteiger partial charge in [0.25, 0.3) is 0 Å². The minimum absolute atomic E-state index is 0.0455. The van der Waals surface area contributed by atoms with Crippen LogP contribution in [0.15, 0.2) is 24.3 Å². The van der Waals surface area contributed by atoms with Gasteiger partial charge in [-0.15, -0.1) is 0 Å². The van der Waals surface area contributed by atoms with Gasteiger partial charge in [-0.1, -0.05) is 19.1 Å². The van der Waals surface area contributed by atoms with Gasteiger partial charge in [-0.2, -0.15) is 0 Å². The molecule has 100 valence electrons. The average molecular weight is 250 g/mol. The maximum absolute atomic E-state index is 12.9. The zero-order chi connectivity index (χ0) is 13.1. The summed E-state index contributed by atoms with van der Waals surface area (Å²) in [4.78, 5) is 2.46. The summed E-state index contributed by atoms with van der Waals surface area (Å²) < 4.78 is 12.9. The monoisotopic (exact) mass is 250 g/mol. The third-order valence-corrected chi connectivity index (χ3v) is 4.04. The number of rotatable bonds is 3. The van der Waals surface area contributed by atoms with Gasteiger partial charge in [-0.25, -0.2) is 4.39 Å². The van der Waals surface area contributed by atoms with Crippen molar-refractivity contribution in [1.29, 1.82) is 0 Å². The van der Waals surface area contributed by atoms with Crippen LogP contribution in [0.4, 0.5) is 4.39 Å². The van der Waals surface area contributed by atoms with Crippen molar-refractivity contribution in [1.82, 2.24) is 4.90 Å². The Morgan fingerprint density at radius 3 is 2.61 bits per heavy atom. The molecule has 0 radical (unpaired) electrons. The molecule has 0 aromatic heterocycles. The van der Waals surface area contributed by atoms with Crippen molar-refractivity contribution in [2.45, 2.75) is 38.8 Å². The number of halogens is 1. The summed E-state index contributed by atoms with van der Waals surface area (Å²) in [5.41, 5.74) is 7.32. The molecular weight excluding hydrogens is 227 g/mol. The first-order chi connectivity index (χ1) is 8.58. The standard InChI is InChI=1S/C15H23FN2/c1-11-4-3-9-18(10-11)12(2)15(17)13-5-7-14(16)8-6-13/h5-8,11-12,15H,3-4,9-10,17H2,1-2H3. The molecule has 1 aliphatic heterocycles. The van der Waals surface area contributed by atoms with Crippen LogP contribution in [-0.4, -0.2) is 24.0 Å². The highest BCUT2D eigenvalue weighted by Gasteiger charge is 2.25. The number of piperidine rings is 1. The van der Waals surface area contributed by atoms with Crippen LogP contribution in [0.2, 0.25) is 0 Å². The third kappa shape index (κ3) is 3.09. The second-order valence-corrected chi connectivity index (χ2v) is 5.56. The Labute approximate surface area is 109 Å². The van der Waals surface area contributed by atoms with Crippen molar-refractivity contribution in [2.24, 2.45) is 11.7 Å². The lowest BCUT2D eigenvalue weighted by Crippen LogP contribution is -2.45. The van der Waals surface area contributed by atoms with Crippen molar-refractivity contribution in [3.63, 3.8) is 0 Å². The zero-order valence-corrected chi connectivity index (χ0v) is 11.3. The van der Waals surface area contributed by atoms with E-state index < -0.39 is 0 Å². The quantitative estimate of drug-likeness (QED) is 0.893. The summed E-state index contributed by atoms with van der Waals surface area (Å²) in [7, 11) is 0. The topological polar surface area (TPSA) is 29.3 Å². The fraction of sp³-hybridized carbons (Fsp3) is 0.600. The predicted molar refractivity (Wildman–Crippen MR) is 72.8 cm³/mol. The second kappa shape index (κ2) is 5.81. The summed E-state index contributed by atoms with van der Waals surface area (Å²) in [5, 5.41) is 0. The van der Waals surface area contributed by atoms with Gasteiger partial charge in [-0.3, -0.25) is 4.90 Å². The van der Waals surface area contributed by atoms with Crippen LogP contribution in [-0.2, 0) is 0 Å². The molecule has 1 heterocycles. The van der Waals surface area contributed by atoms with Gasteiger partial charge >= 0.3 is 0 Å². The molecule has 1 aromatic rings. The van der Waals surface area contributed by atoms with Gasteiger partial charge < -0.3 is 5.73 Å². The van der Waals surface area contributed by atoms with E-state index >= 15 is 0 Å². The molecule has 1 aliphatic rings. The van der Waals surface area contributed by atoms with Crippen LogP contribution in [0, 0.1) is 11.7 Å². The Kier molecular flexibility index (Phi) is 4.36. The van der Waals surface area contributed by atoms with Crippen molar-refractivity contribution in [3.8, 4) is 0 Å². The number of likely N-dealkylation sites (tertiary alicyclic amines) is 1. The van der Waals surface area contributed by atoms with Crippen LogP contribution in [0.5, 0.6) is 0 Å². The number of nitrogens with zero attached hydrogens (tertiary/aromatic N) is 1. The smallest absolute Gasteiger partial charge is 0.123 e. The lowest BCUT2D eigenvalue weighted by molar-refractivity contribution is 0.122. The normalized spacial score (nSPS) is 24.8. The van der Waals surface area contributed by atoms with E-state index in [2.05, 4.69) is 18.7 Å². The summed E-state index contributed by atoms with van der Waals surface area (Å²) in [5.74, 6) is 0.548. The van der Waals surface area contributed by atoms with Crippen molar-refractivity contribution < 1.29 is 4.39 Å². The molecule has 2 N–H and O–H groups in total. The van der Waals surface area contributed by atoms with E-state index in [1.165, 1.54) is 25.0 Å². The molecule has 2 nitrogen and oxygen atoms in total. The zero-order valence-electron chi connectivity index (χ0n) is 11.3. The minimum Gasteiger partial charge on any atom is -0.323 e. The first-order valence-electron chi connectivity index (χ1n) is 6.83. The number of hydrogen-bond donors (Lipinski definition) is 1. The Bertz CT molecular complexity index is 377. The summed E-state index contributed by atoms with van der Waals surface area (Å²) >= 11 is 0. The van der Waals surface area contributed by atoms with Crippen molar-refractivity contribution >= 4 is 0 Å². The lowest BCUT2D eigenvalue weighted by Gasteiger charge is -2.38. The van der Waals surface area contributed by atoms with E-state index in [0.29, 0.717) is 6.04 Å². The highest BCUT2D eigenvalue weighted by molar-refractivity contribution is 5.21. The summed E-state index contributed by atoms with van der Waals surface area (Å²) in [6.45, 7) is 6.71. The van der Waals surface area contributed by atoms with E-state index in [-0.39, 0.29) is 11.9 Å². The first-order valence-corrected chi connectivity index (χ1v) is 6.83. The highest BCUT2D eigenvalue weighted by atomic mass is 19.1. The van der Waals surface area contributed by atoms with Gasteiger partial charge in [0, 0.05) is 18.6 Å². The van der Waals surface area contributed by atoms with Gasteiger partial charge in [0.1, 0.15) is 5.82 Å². The van der Waals surface area contributed by atoms with Crippen molar-refractivity contribution in [3.05, 3.63) is 35.6 Å². The lowest BCUT2D eigenvalue weighted by atomic mass is 9.94. The minimum atomic E-state index is -0.204. The number of nitrogens with two attached hydrogens (primary N) is 1. The van der Waals surface area contributed by atoms with Crippen LogP contribution in [0.3, 0.4) is 0 Å². The fourth-order valence-corrected chi connectivity index (χ4v) is 2.79. The predicted octanol–water partition coefficient (Wildman–Crippen LogP) is 2.95. The van der Waals surface area contributed by atoms with Crippen LogP contribution < -0.4 is 5.73 Å². The van der Waals surface area contributed by atoms with Gasteiger partial charge in [0.2, 0.25) is 0 Å². The van der Waals surface area contributed by atoms with E-state index in [1.54, 1.807) is 12.1 Å². The largest absolute Gasteiger partial charge is 0.323 e. The molecule has 0 amide bonds. The van der Waals surface area contributed by atoms with E-state index in [4.69, 9.17) is 5.73 Å². The van der Waals surface area contributed by atoms with Crippen LogP contribution in [0.25, 0.3) is 0 Å². The van der Waals surface area contributed by atoms with Gasteiger partial charge in [-0.05, 0) is 49.9 Å². The van der Waals surface area contributed by atoms with E-state index in [1.807, 2.05) is 0 Å². The molecule has 3 heteroatoms. The fourth-order valence-electron chi connectivity index (χ4n) is 2.79. The molecular formula is C15H23FN2. The van der Waals surface area contributed by atoms with Gasteiger partial charge in [0.15, 0.2) is 0 Å². The van der Waals surface area contributed by atoms with Crippen LogP contribution >= 0.6 is 0 Å². The maximum atomic E-state index is 12.9. The molecule has 0 spiro atoms. The second-order valence-electron chi connectivity index (χ2n) is 5.56. The average Bonchev–Trinajstić information content (AvgIpc) is 2.38. The SMILES string of the molecule is CC1CCCN(C(C)C(N)c2ccc(F)cc2)C1. The molecule has 1 aromatic carbocycles. The Morgan fingerprint density at radius 2 is 2.00 bits per heavy atom. The molecule has 1 saturated heterocycles. The Balaban J connectivity index is 2.03. The molecule has 2 rings (SSSR count). The number of benzene rings is 1.